The number of ether oxygens (including phenoxy) is 1. The van der Waals surface area contributed by atoms with Crippen LogP contribution in [0.25, 0.3) is 11.1 Å². The fourth-order valence-electron chi connectivity index (χ4n) is 2.23. The number of carbonyl (C=O) groups is 1. The highest BCUT2D eigenvalue weighted by atomic mass is 16.5. The van der Waals surface area contributed by atoms with Gasteiger partial charge >= 0.3 is 0 Å². The maximum atomic E-state index is 12.1. The van der Waals surface area contributed by atoms with Crippen LogP contribution in [0.4, 0.5) is 5.69 Å². The van der Waals surface area contributed by atoms with E-state index in [2.05, 4.69) is 10.2 Å². The number of H-pyrrole nitrogens is 1. The SMILES string of the molecule is C[C@H]1COc2ccc(-c3cn[nH]c3)cc2N(C)C1=O. The van der Waals surface area contributed by atoms with Gasteiger partial charge in [0.05, 0.1) is 24.4 Å². The number of rotatable bonds is 1. The average molecular weight is 257 g/mol. The summed E-state index contributed by atoms with van der Waals surface area (Å²) in [6, 6.07) is 5.83. The van der Waals surface area contributed by atoms with Gasteiger partial charge in [0.1, 0.15) is 5.75 Å². The van der Waals surface area contributed by atoms with E-state index in [1.54, 1.807) is 18.1 Å². The van der Waals surface area contributed by atoms with Gasteiger partial charge in [-0.15, -0.1) is 0 Å². The quantitative estimate of drug-likeness (QED) is 0.850. The number of hydrogen-bond acceptors (Lipinski definition) is 3. The monoisotopic (exact) mass is 257 g/mol. The van der Waals surface area contributed by atoms with E-state index in [0.717, 1.165) is 22.6 Å². The Balaban J connectivity index is 2.07. The molecule has 5 heteroatoms. The molecule has 0 fully saturated rings. The third-order valence-electron chi connectivity index (χ3n) is 3.39. The standard InChI is InChI=1S/C14H15N3O2/c1-9-8-19-13-4-3-10(11-6-15-16-7-11)5-12(13)17(2)14(9)18/h3-7,9H,8H2,1-2H3,(H,15,16)/t9-/m0/s1. The fraction of sp³-hybridized carbons (Fsp3) is 0.286. The molecule has 19 heavy (non-hydrogen) atoms. The zero-order valence-electron chi connectivity index (χ0n) is 10.9. The molecule has 2 aromatic rings. The number of carbonyl (C=O) groups excluding carboxylic acids is 1. The molecule has 1 aromatic heterocycles. The van der Waals surface area contributed by atoms with Gasteiger partial charge in [0, 0.05) is 18.8 Å². The van der Waals surface area contributed by atoms with E-state index in [1.165, 1.54) is 0 Å². The van der Waals surface area contributed by atoms with Gasteiger partial charge in [-0.25, -0.2) is 0 Å². The van der Waals surface area contributed by atoms with E-state index in [0.29, 0.717) is 6.61 Å². The van der Waals surface area contributed by atoms with Gasteiger partial charge in [0.15, 0.2) is 0 Å². The molecule has 1 amide bonds. The molecule has 0 saturated heterocycles. The summed E-state index contributed by atoms with van der Waals surface area (Å²) in [5, 5.41) is 6.72. The summed E-state index contributed by atoms with van der Waals surface area (Å²) in [5.41, 5.74) is 2.79. The molecule has 1 aliphatic rings. The van der Waals surface area contributed by atoms with E-state index < -0.39 is 0 Å². The second kappa shape index (κ2) is 4.42. The maximum absolute atomic E-state index is 12.1. The van der Waals surface area contributed by atoms with Crippen molar-refractivity contribution in [2.45, 2.75) is 6.92 Å². The zero-order chi connectivity index (χ0) is 13.4. The molecule has 0 unspecified atom stereocenters. The van der Waals surface area contributed by atoms with E-state index >= 15 is 0 Å². The van der Waals surface area contributed by atoms with Crippen LogP contribution in [-0.4, -0.2) is 29.8 Å². The predicted molar refractivity (Wildman–Crippen MR) is 72.1 cm³/mol. The Morgan fingerprint density at radius 3 is 3.00 bits per heavy atom. The second-order valence-electron chi connectivity index (χ2n) is 4.78. The van der Waals surface area contributed by atoms with Crippen LogP contribution >= 0.6 is 0 Å². The van der Waals surface area contributed by atoms with Crippen molar-refractivity contribution in [2.75, 3.05) is 18.6 Å². The summed E-state index contributed by atoms with van der Waals surface area (Å²) in [5.74, 6) is 0.685. The maximum Gasteiger partial charge on any atom is 0.233 e. The zero-order valence-corrected chi connectivity index (χ0v) is 10.9. The van der Waals surface area contributed by atoms with E-state index in [-0.39, 0.29) is 11.8 Å². The lowest BCUT2D eigenvalue weighted by Crippen LogP contribution is -2.31. The van der Waals surface area contributed by atoms with Crippen LogP contribution in [0.2, 0.25) is 0 Å². The van der Waals surface area contributed by atoms with E-state index in [4.69, 9.17) is 4.74 Å². The highest BCUT2D eigenvalue weighted by Crippen LogP contribution is 2.35. The predicted octanol–water partition coefficient (Wildman–Crippen LogP) is 2.07. The first-order valence-corrected chi connectivity index (χ1v) is 6.20. The third-order valence-corrected chi connectivity index (χ3v) is 3.39. The Labute approximate surface area is 111 Å². The number of nitrogens with zero attached hydrogens (tertiary/aromatic N) is 2. The van der Waals surface area contributed by atoms with Crippen molar-refractivity contribution in [3.05, 3.63) is 30.6 Å². The molecular formula is C14H15N3O2. The summed E-state index contributed by atoms with van der Waals surface area (Å²) in [6.07, 6.45) is 3.58. The van der Waals surface area contributed by atoms with Crippen molar-refractivity contribution in [1.82, 2.24) is 10.2 Å². The Hall–Kier alpha value is -2.30. The van der Waals surface area contributed by atoms with Crippen molar-refractivity contribution < 1.29 is 9.53 Å². The highest BCUT2D eigenvalue weighted by molar-refractivity contribution is 5.97. The second-order valence-corrected chi connectivity index (χ2v) is 4.78. The molecular weight excluding hydrogens is 242 g/mol. The van der Waals surface area contributed by atoms with E-state index in [9.17, 15) is 4.79 Å². The number of aromatic nitrogens is 2. The number of hydrogen-bond donors (Lipinski definition) is 1. The first-order valence-electron chi connectivity index (χ1n) is 6.20. The third kappa shape index (κ3) is 1.97. The lowest BCUT2D eigenvalue weighted by atomic mass is 10.1. The summed E-state index contributed by atoms with van der Waals surface area (Å²) < 4.78 is 5.69. The van der Waals surface area contributed by atoms with Crippen molar-refractivity contribution in [3.63, 3.8) is 0 Å². The first kappa shape index (κ1) is 11.8. The average Bonchev–Trinajstić information content (AvgIpc) is 2.94. The van der Waals surface area contributed by atoms with Gasteiger partial charge in [0.25, 0.3) is 0 Å². The number of nitrogens with one attached hydrogen (secondary N) is 1. The van der Waals surface area contributed by atoms with Crippen LogP contribution in [-0.2, 0) is 4.79 Å². The molecule has 1 N–H and O–H groups in total. The van der Waals surface area contributed by atoms with E-state index in [1.807, 2.05) is 31.3 Å². The van der Waals surface area contributed by atoms with Gasteiger partial charge in [-0.3, -0.25) is 9.89 Å². The van der Waals surface area contributed by atoms with Crippen LogP contribution in [0.3, 0.4) is 0 Å². The molecule has 0 spiro atoms. The molecule has 0 bridgehead atoms. The van der Waals surface area contributed by atoms with Crippen LogP contribution < -0.4 is 9.64 Å². The Morgan fingerprint density at radius 2 is 2.26 bits per heavy atom. The topological polar surface area (TPSA) is 58.2 Å². The van der Waals surface area contributed by atoms with Crippen molar-refractivity contribution in [2.24, 2.45) is 5.92 Å². The van der Waals surface area contributed by atoms with Crippen LogP contribution in [0.5, 0.6) is 5.75 Å². The van der Waals surface area contributed by atoms with Crippen molar-refractivity contribution in [3.8, 4) is 16.9 Å². The van der Waals surface area contributed by atoms with Gasteiger partial charge in [-0.2, -0.15) is 5.10 Å². The minimum Gasteiger partial charge on any atom is -0.491 e. The van der Waals surface area contributed by atoms with Gasteiger partial charge in [-0.05, 0) is 17.7 Å². The molecule has 0 radical (unpaired) electrons. The van der Waals surface area contributed by atoms with Gasteiger partial charge < -0.3 is 9.64 Å². The Bertz CT molecular complexity index is 607. The lowest BCUT2D eigenvalue weighted by Gasteiger charge is -2.18. The number of anilines is 1. The number of benzene rings is 1. The molecule has 2 heterocycles. The van der Waals surface area contributed by atoms with Crippen LogP contribution in [0.15, 0.2) is 30.6 Å². The normalized spacial score (nSPS) is 18.7. The number of fused-ring (bicyclic) bond motifs is 1. The molecule has 98 valence electrons. The summed E-state index contributed by atoms with van der Waals surface area (Å²) in [7, 11) is 1.78. The van der Waals surface area contributed by atoms with Crippen LogP contribution in [0, 0.1) is 5.92 Å². The van der Waals surface area contributed by atoms with Gasteiger partial charge in [0.2, 0.25) is 5.91 Å². The highest BCUT2D eigenvalue weighted by Gasteiger charge is 2.26. The molecule has 3 rings (SSSR count). The van der Waals surface area contributed by atoms with Crippen molar-refractivity contribution in [1.29, 1.82) is 0 Å². The number of aromatic amines is 1. The Kier molecular flexibility index (Phi) is 2.74. The van der Waals surface area contributed by atoms with Crippen molar-refractivity contribution >= 4 is 11.6 Å². The summed E-state index contributed by atoms with van der Waals surface area (Å²) >= 11 is 0. The lowest BCUT2D eigenvalue weighted by molar-refractivity contribution is -0.122. The minimum absolute atomic E-state index is 0.0723. The largest absolute Gasteiger partial charge is 0.491 e. The minimum atomic E-state index is -0.130. The molecule has 1 aliphatic heterocycles. The Morgan fingerprint density at radius 1 is 1.42 bits per heavy atom. The molecule has 0 saturated carbocycles. The molecule has 1 atom stereocenters. The summed E-state index contributed by atoms with van der Waals surface area (Å²) in [4.78, 5) is 13.8. The molecule has 0 aliphatic carbocycles. The molecule has 5 nitrogen and oxygen atoms in total. The first-order chi connectivity index (χ1) is 9.16. The summed E-state index contributed by atoms with van der Waals surface area (Å²) in [6.45, 7) is 2.29. The van der Waals surface area contributed by atoms with Gasteiger partial charge in [-0.1, -0.05) is 13.0 Å². The van der Waals surface area contributed by atoms with Crippen LogP contribution in [0.1, 0.15) is 6.92 Å². The smallest absolute Gasteiger partial charge is 0.233 e. The molecule has 1 aromatic carbocycles. The number of amides is 1. The fourth-order valence-corrected chi connectivity index (χ4v) is 2.23.